The zero-order valence-electron chi connectivity index (χ0n) is 9.98. The van der Waals surface area contributed by atoms with Crippen LogP contribution in [0.3, 0.4) is 0 Å². The highest BCUT2D eigenvalue weighted by atomic mass is 16.5. The van der Waals surface area contributed by atoms with Crippen molar-refractivity contribution in [3.8, 4) is 5.75 Å². The number of rotatable bonds is 3. The fraction of sp³-hybridized carbons (Fsp3) is 0.462. The van der Waals surface area contributed by atoms with Crippen molar-refractivity contribution in [1.82, 2.24) is 0 Å². The number of benzene rings is 1. The summed E-state index contributed by atoms with van der Waals surface area (Å²) in [5.74, 6) is 0.194. The predicted molar refractivity (Wildman–Crippen MR) is 65.6 cm³/mol. The van der Waals surface area contributed by atoms with E-state index in [-0.39, 0.29) is 6.04 Å². The largest absolute Gasteiger partial charge is 0.481 e. The summed E-state index contributed by atoms with van der Waals surface area (Å²) < 4.78 is 5.46. The molecular weight excluding hydrogens is 216 g/mol. The fourth-order valence-electron chi connectivity index (χ4n) is 2.15. The molecule has 0 radical (unpaired) electrons. The summed E-state index contributed by atoms with van der Waals surface area (Å²) in [4.78, 5) is 10.9. The average Bonchev–Trinajstić information content (AvgIpc) is 2.30. The zero-order chi connectivity index (χ0) is 12.4. The average molecular weight is 234 g/mol. The number of amides is 1. The van der Waals surface area contributed by atoms with Gasteiger partial charge in [0.2, 0.25) is 0 Å². The van der Waals surface area contributed by atoms with E-state index in [9.17, 15) is 4.79 Å². The van der Waals surface area contributed by atoms with Crippen molar-refractivity contribution in [1.29, 1.82) is 0 Å². The number of carbonyl (C=O) groups excluding carboxylic acids is 1. The van der Waals surface area contributed by atoms with E-state index < -0.39 is 12.0 Å². The number of nitrogens with two attached hydrogens (primary N) is 2. The second kappa shape index (κ2) is 4.75. The normalized spacial score (nSPS) is 20.5. The molecule has 1 aromatic carbocycles. The van der Waals surface area contributed by atoms with Crippen molar-refractivity contribution in [2.45, 2.75) is 38.3 Å². The lowest BCUT2D eigenvalue weighted by Crippen LogP contribution is -2.30. The Labute approximate surface area is 101 Å². The molecule has 2 atom stereocenters. The van der Waals surface area contributed by atoms with Crippen LogP contribution >= 0.6 is 0 Å². The van der Waals surface area contributed by atoms with Crippen LogP contribution in [-0.4, -0.2) is 12.0 Å². The first-order valence-electron chi connectivity index (χ1n) is 5.92. The van der Waals surface area contributed by atoms with Gasteiger partial charge < -0.3 is 16.2 Å². The van der Waals surface area contributed by atoms with E-state index >= 15 is 0 Å². The van der Waals surface area contributed by atoms with Gasteiger partial charge in [0.25, 0.3) is 5.91 Å². The number of fused-ring (bicyclic) bond motifs is 1. The van der Waals surface area contributed by atoms with E-state index in [1.54, 1.807) is 6.92 Å². The van der Waals surface area contributed by atoms with Gasteiger partial charge in [-0.3, -0.25) is 4.79 Å². The molecule has 0 aliphatic heterocycles. The Balaban J connectivity index is 2.20. The highest BCUT2D eigenvalue weighted by Gasteiger charge is 2.18. The fourth-order valence-corrected chi connectivity index (χ4v) is 2.15. The molecule has 0 fully saturated rings. The number of carbonyl (C=O) groups is 1. The summed E-state index contributed by atoms with van der Waals surface area (Å²) in [6.45, 7) is 1.64. The summed E-state index contributed by atoms with van der Waals surface area (Å²) in [5.41, 5.74) is 13.6. The number of primary amides is 1. The van der Waals surface area contributed by atoms with Gasteiger partial charge in [-0.25, -0.2) is 0 Å². The Morgan fingerprint density at radius 2 is 2.29 bits per heavy atom. The molecule has 0 bridgehead atoms. The van der Waals surface area contributed by atoms with Gasteiger partial charge in [0, 0.05) is 6.04 Å². The summed E-state index contributed by atoms with van der Waals surface area (Å²) in [7, 11) is 0. The minimum absolute atomic E-state index is 0.0752. The quantitative estimate of drug-likeness (QED) is 0.826. The van der Waals surface area contributed by atoms with Gasteiger partial charge in [-0.05, 0) is 49.4 Å². The van der Waals surface area contributed by atoms with Gasteiger partial charge in [-0.2, -0.15) is 0 Å². The minimum Gasteiger partial charge on any atom is -0.481 e. The maximum absolute atomic E-state index is 10.9. The Kier molecular flexibility index (Phi) is 3.33. The van der Waals surface area contributed by atoms with Crippen molar-refractivity contribution in [2.75, 3.05) is 0 Å². The van der Waals surface area contributed by atoms with Crippen LogP contribution in [0.1, 0.15) is 36.9 Å². The number of ether oxygens (including phenoxy) is 1. The van der Waals surface area contributed by atoms with Gasteiger partial charge in [0.15, 0.2) is 6.10 Å². The Morgan fingerprint density at radius 1 is 1.53 bits per heavy atom. The van der Waals surface area contributed by atoms with Crippen LogP contribution < -0.4 is 16.2 Å². The van der Waals surface area contributed by atoms with Gasteiger partial charge in [-0.1, -0.05) is 6.07 Å². The molecule has 4 nitrogen and oxygen atoms in total. The molecule has 0 aromatic heterocycles. The maximum atomic E-state index is 10.9. The third-order valence-corrected chi connectivity index (χ3v) is 3.19. The van der Waals surface area contributed by atoms with Crippen LogP contribution in [0.5, 0.6) is 5.75 Å². The van der Waals surface area contributed by atoms with Crippen LogP contribution in [0, 0.1) is 0 Å². The van der Waals surface area contributed by atoms with Gasteiger partial charge in [0.05, 0.1) is 0 Å². The molecule has 1 amide bonds. The van der Waals surface area contributed by atoms with Gasteiger partial charge >= 0.3 is 0 Å². The molecule has 0 spiro atoms. The van der Waals surface area contributed by atoms with E-state index in [1.807, 2.05) is 18.2 Å². The Morgan fingerprint density at radius 3 is 3.00 bits per heavy atom. The van der Waals surface area contributed by atoms with Crippen LogP contribution in [0.4, 0.5) is 0 Å². The molecule has 0 saturated heterocycles. The van der Waals surface area contributed by atoms with Crippen molar-refractivity contribution in [3.63, 3.8) is 0 Å². The first kappa shape index (κ1) is 11.9. The first-order chi connectivity index (χ1) is 8.08. The van der Waals surface area contributed by atoms with E-state index in [0.717, 1.165) is 24.8 Å². The van der Waals surface area contributed by atoms with Crippen LogP contribution in [0.25, 0.3) is 0 Å². The van der Waals surface area contributed by atoms with Crippen LogP contribution in [-0.2, 0) is 11.2 Å². The maximum Gasteiger partial charge on any atom is 0.258 e. The Hall–Kier alpha value is -1.55. The second-order valence-electron chi connectivity index (χ2n) is 4.52. The lowest BCUT2D eigenvalue weighted by atomic mass is 9.88. The topological polar surface area (TPSA) is 78.3 Å². The minimum atomic E-state index is -0.618. The van der Waals surface area contributed by atoms with Gasteiger partial charge in [0.1, 0.15) is 5.75 Å². The summed E-state index contributed by atoms with van der Waals surface area (Å²) in [6.07, 6.45) is 2.58. The molecule has 0 saturated carbocycles. The standard InChI is InChI=1S/C13H18N2O2/c1-8(13(15)16)17-10-6-5-9-3-2-4-12(14)11(9)7-10/h5-8,12H,2-4,14H2,1H3,(H2,15,16)/t8?,12-/m0/s1. The second-order valence-corrected chi connectivity index (χ2v) is 4.52. The number of hydrogen-bond acceptors (Lipinski definition) is 3. The molecule has 1 aromatic rings. The van der Waals surface area contributed by atoms with E-state index in [2.05, 4.69) is 0 Å². The summed E-state index contributed by atoms with van der Waals surface area (Å²) in [6, 6.07) is 5.90. The SMILES string of the molecule is CC(Oc1ccc2c(c1)[C@@H](N)CCC2)C(N)=O. The van der Waals surface area contributed by atoms with Crippen molar-refractivity contribution in [2.24, 2.45) is 11.5 Å². The number of aryl methyl sites for hydroxylation is 1. The summed E-state index contributed by atoms with van der Waals surface area (Å²) >= 11 is 0. The van der Waals surface area contributed by atoms with Crippen molar-refractivity contribution < 1.29 is 9.53 Å². The molecular formula is C13H18N2O2. The van der Waals surface area contributed by atoms with E-state index in [4.69, 9.17) is 16.2 Å². The molecule has 1 aliphatic carbocycles. The molecule has 4 N–H and O–H groups in total. The Bertz CT molecular complexity index is 431. The van der Waals surface area contributed by atoms with Crippen LogP contribution in [0.2, 0.25) is 0 Å². The molecule has 92 valence electrons. The monoisotopic (exact) mass is 234 g/mol. The van der Waals surface area contributed by atoms with Gasteiger partial charge in [-0.15, -0.1) is 0 Å². The lowest BCUT2D eigenvalue weighted by Gasteiger charge is -2.23. The summed E-state index contributed by atoms with van der Waals surface area (Å²) in [5, 5.41) is 0. The highest BCUT2D eigenvalue weighted by Crippen LogP contribution is 2.31. The van der Waals surface area contributed by atoms with Crippen molar-refractivity contribution >= 4 is 5.91 Å². The first-order valence-corrected chi connectivity index (χ1v) is 5.92. The predicted octanol–water partition coefficient (Wildman–Crippen LogP) is 1.28. The van der Waals surface area contributed by atoms with Crippen molar-refractivity contribution in [3.05, 3.63) is 29.3 Å². The zero-order valence-corrected chi connectivity index (χ0v) is 9.98. The lowest BCUT2D eigenvalue weighted by molar-refractivity contribution is -0.123. The molecule has 1 unspecified atom stereocenters. The van der Waals surface area contributed by atoms with E-state index in [0.29, 0.717) is 5.75 Å². The van der Waals surface area contributed by atoms with Crippen LogP contribution in [0.15, 0.2) is 18.2 Å². The molecule has 4 heteroatoms. The highest BCUT2D eigenvalue weighted by molar-refractivity contribution is 5.78. The third kappa shape index (κ3) is 2.58. The molecule has 0 heterocycles. The smallest absolute Gasteiger partial charge is 0.258 e. The third-order valence-electron chi connectivity index (χ3n) is 3.19. The molecule has 17 heavy (non-hydrogen) atoms. The molecule has 2 rings (SSSR count). The number of hydrogen-bond donors (Lipinski definition) is 2. The molecule has 1 aliphatic rings. The van der Waals surface area contributed by atoms with E-state index in [1.165, 1.54) is 5.56 Å².